The van der Waals surface area contributed by atoms with Crippen LogP contribution >= 0.6 is 46.4 Å². The Bertz CT molecular complexity index is 5820. The lowest BCUT2D eigenvalue weighted by Gasteiger charge is -2.29. The maximum atomic E-state index is 15.8. The highest BCUT2D eigenvalue weighted by Gasteiger charge is 2.39. The Balaban J connectivity index is 0.000000152. The molecule has 0 spiro atoms. The average molecular weight is 1700 g/mol. The first-order valence-electron chi connectivity index (χ1n) is 37.7. The highest BCUT2D eigenvalue weighted by molar-refractivity contribution is 6.43. The number of nitrogen functional groups attached to an aromatic ring is 2. The third-order valence-electron chi connectivity index (χ3n) is 21.0. The zero-order valence-electron chi connectivity index (χ0n) is 64.5. The minimum atomic E-state index is -2.28. The van der Waals surface area contributed by atoms with Crippen molar-refractivity contribution in [3.63, 3.8) is 0 Å². The number of benzene rings is 2. The van der Waals surface area contributed by atoms with Crippen molar-refractivity contribution in [1.82, 2.24) is 58.6 Å². The van der Waals surface area contributed by atoms with Crippen LogP contribution in [0, 0.1) is 73.1 Å². The van der Waals surface area contributed by atoms with Gasteiger partial charge in [0.1, 0.15) is 56.1 Å². The van der Waals surface area contributed by atoms with E-state index in [0.29, 0.717) is 90.4 Å². The molecule has 11 aromatic rings. The van der Waals surface area contributed by atoms with Gasteiger partial charge in [-0.15, -0.1) is 0 Å². The van der Waals surface area contributed by atoms with E-state index in [1.165, 1.54) is 15.2 Å². The van der Waals surface area contributed by atoms with Crippen molar-refractivity contribution in [3.8, 4) is 39.6 Å². The SMILES string of the molecule is Cc1ccnc(C(C)C)c1-n1c(=O)nc(N2CCCCC2)c2cc(F)c(-c3c(F)c(N)c(F)c(F)c3F)nc21.Cc1ccnc(C(C)C)c1-n1c(=O)nc(N2CCCCC2)c2cc(F)c(-c3c(N)c(Cl)c(F)c(Cl)c3F)nc21.Cc1ccnc(C(C)C)c1-n1c(=O)nc(N2CCCCC2)c2cc(F)c(C3=C(Cl)C(N)C(F)C(F)=C3Cl)nc21. The Morgan fingerprint density at radius 1 is 0.419 bits per heavy atom. The molecule has 0 amide bonds. The Kier molecular flexibility index (Phi) is 24.5. The number of allylic oxidation sites excluding steroid dienone is 2. The second kappa shape index (κ2) is 33.9. The van der Waals surface area contributed by atoms with Gasteiger partial charge in [-0.05, 0) is 149 Å². The van der Waals surface area contributed by atoms with Gasteiger partial charge in [0.15, 0.2) is 75.5 Å². The van der Waals surface area contributed by atoms with Gasteiger partial charge < -0.3 is 31.9 Å². The predicted octanol–water partition coefficient (Wildman–Crippen LogP) is 17.9. The summed E-state index contributed by atoms with van der Waals surface area (Å²) in [5, 5.41) is -2.09. The summed E-state index contributed by atoms with van der Waals surface area (Å²) in [6.07, 6.45) is 10.8. The standard InChI is InChI=1S/C27H25Cl2F3N6O.C27H27Cl2F3N6O.C27H25F5N6O/c1-12(2)22-24(13(3)7-8-34-22)38-26-14(25(36-27(38)39)37-9-5-4-6-10-37)11-15(30)23(35-26)16-19(31)17(28)20(32)18(29)21(16)33;1-12(2)22-24(13(3)7-8-34-22)38-26-14(25(36-27(38)39)37-9-5-4-6-10-37)11-15(30)23(35-26)16-17(28)19(31)20(32)21(33)18(16)29;1-12(2)22-24(13(3)7-8-34-22)38-26-14(25(36-27(38)39)37-9-5-4-6-10-37)11-15(28)23(35-26)16-17(29)19(31)20(32)21(33)18(16)30/h7-8,11-12H,4-6,9-10,33H2,1-3H3;7-8,11-12,20-21H,4-6,9-10,33H2,1-3H3;7-8,11-12H,4-6,9-10,33H2,1-3H3. The second-order valence-corrected chi connectivity index (χ2v) is 31.4. The number of aromatic nitrogens is 12. The van der Waals surface area contributed by atoms with Crippen molar-refractivity contribution >= 4 is 114 Å². The van der Waals surface area contributed by atoms with E-state index in [-0.39, 0.29) is 73.1 Å². The van der Waals surface area contributed by atoms with Crippen LogP contribution in [0.3, 0.4) is 0 Å². The van der Waals surface area contributed by atoms with Gasteiger partial charge in [0.2, 0.25) is 0 Å². The van der Waals surface area contributed by atoms with E-state index in [9.17, 15) is 45.1 Å². The summed E-state index contributed by atoms with van der Waals surface area (Å²) < 4.78 is 167. The number of aryl methyl sites for hydroxylation is 3. The first-order chi connectivity index (χ1) is 55.6. The molecule has 6 N–H and O–H groups in total. The summed E-state index contributed by atoms with van der Waals surface area (Å²) in [4.78, 5) is 86.3. The fraction of sp³-hybridized carbons (Fsp3) is 0.358. The minimum absolute atomic E-state index is 0.0142. The molecule has 9 aromatic heterocycles. The molecule has 1 aliphatic carbocycles. The molecule has 117 heavy (non-hydrogen) atoms. The molecule has 3 saturated heterocycles. The van der Waals surface area contributed by atoms with Gasteiger partial charge in [0.25, 0.3) is 0 Å². The van der Waals surface area contributed by atoms with E-state index in [1.54, 1.807) is 50.6 Å². The number of anilines is 5. The number of hydrogen-bond acceptors (Lipinski definition) is 18. The molecule has 3 fully saturated rings. The van der Waals surface area contributed by atoms with Crippen molar-refractivity contribution in [2.75, 3.05) is 65.4 Å². The first-order valence-corrected chi connectivity index (χ1v) is 39.2. The van der Waals surface area contributed by atoms with Gasteiger partial charge in [-0.3, -0.25) is 15.0 Å². The highest BCUT2D eigenvalue weighted by Crippen LogP contribution is 2.46. The van der Waals surface area contributed by atoms with E-state index < -0.39 is 142 Å². The number of pyridine rings is 6. The van der Waals surface area contributed by atoms with Crippen LogP contribution in [0.5, 0.6) is 0 Å². The number of rotatable bonds is 12. The molecule has 3 aliphatic heterocycles. The molecule has 12 heterocycles. The van der Waals surface area contributed by atoms with E-state index >= 15 is 17.6 Å². The lowest BCUT2D eigenvalue weighted by Crippen LogP contribution is -2.36. The van der Waals surface area contributed by atoms with Crippen molar-refractivity contribution in [1.29, 1.82) is 0 Å². The minimum Gasteiger partial charge on any atom is -0.397 e. The van der Waals surface area contributed by atoms with Crippen molar-refractivity contribution in [2.24, 2.45) is 5.73 Å². The summed E-state index contributed by atoms with van der Waals surface area (Å²) in [7, 11) is 0. The first kappa shape index (κ1) is 84.5. The van der Waals surface area contributed by atoms with Crippen LogP contribution in [0.25, 0.3) is 78.3 Å². The number of fused-ring (bicyclic) bond motifs is 3. The van der Waals surface area contributed by atoms with E-state index in [0.717, 1.165) is 80.1 Å². The molecule has 15 rings (SSSR count). The number of alkyl halides is 1. The van der Waals surface area contributed by atoms with Crippen LogP contribution < -0.4 is 49.0 Å². The number of halogens is 15. The van der Waals surface area contributed by atoms with Crippen LogP contribution in [-0.4, -0.2) is 110 Å². The lowest BCUT2D eigenvalue weighted by molar-refractivity contribution is 0.298. The van der Waals surface area contributed by atoms with Gasteiger partial charge in [-0.1, -0.05) is 87.9 Å². The van der Waals surface area contributed by atoms with E-state index in [4.69, 9.17) is 63.6 Å². The third kappa shape index (κ3) is 15.4. The van der Waals surface area contributed by atoms with Crippen molar-refractivity contribution in [3.05, 3.63) is 204 Å². The Morgan fingerprint density at radius 2 is 0.761 bits per heavy atom. The highest BCUT2D eigenvalue weighted by atomic mass is 35.5. The molecule has 0 radical (unpaired) electrons. The Labute approximate surface area is 682 Å². The quantitative estimate of drug-likeness (QED) is 0.0444. The Hall–Kier alpha value is -10.4. The van der Waals surface area contributed by atoms with E-state index in [1.807, 2.05) is 63.2 Å². The predicted molar refractivity (Wildman–Crippen MR) is 432 cm³/mol. The average Bonchev–Trinajstić information content (AvgIpc) is 0.739. The van der Waals surface area contributed by atoms with Crippen LogP contribution in [0.1, 0.15) is 157 Å². The van der Waals surface area contributed by atoms with Crippen molar-refractivity contribution < 1.29 is 48.3 Å². The fourth-order valence-corrected chi connectivity index (χ4v) is 16.2. The van der Waals surface area contributed by atoms with Gasteiger partial charge in [-0.2, -0.15) is 15.0 Å². The third-order valence-corrected chi connectivity index (χ3v) is 22.5. The van der Waals surface area contributed by atoms with Crippen LogP contribution in [0.2, 0.25) is 10.0 Å². The fourth-order valence-electron chi connectivity index (χ4n) is 15.1. The molecule has 4 aliphatic rings. The van der Waals surface area contributed by atoms with Crippen LogP contribution in [0.15, 0.2) is 85.3 Å². The van der Waals surface area contributed by atoms with E-state index in [2.05, 4.69) is 44.9 Å². The summed E-state index contributed by atoms with van der Waals surface area (Å²) in [6, 6.07) is 6.81. The molecule has 0 bridgehead atoms. The zero-order chi connectivity index (χ0) is 84.5. The lowest BCUT2D eigenvalue weighted by atomic mass is 9.97. The van der Waals surface area contributed by atoms with Gasteiger partial charge >= 0.3 is 17.1 Å². The van der Waals surface area contributed by atoms with Gasteiger partial charge in [0.05, 0.1) is 78.2 Å². The summed E-state index contributed by atoms with van der Waals surface area (Å²) in [6.45, 7) is 20.4. The van der Waals surface area contributed by atoms with Gasteiger partial charge in [-0.25, -0.2) is 91.3 Å². The molecule has 0 saturated carbocycles. The molecular weight excluding hydrogens is 1620 g/mol. The maximum Gasteiger partial charge on any atom is 0.355 e. The van der Waals surface area contributed by atoms with Crippen molar-refractivity contribution in [2.45, 2.75) is 150 Å². The van der Waals surface area contributed by atoms with Crippen LogP contribution in [0.4, 0.5) is 77.1 Å². The summed E-state index contributed by atoms with van der Waals surface area (Å²) in [5.41, 5.74) is 13.7. The number of nitrogens with zero attached hydrogens (tertiary/aromatic N) is 15. The molecule has 614 valence electrons. The topological polar surface area (TPSA) is 270 Å². The number of nitrogens with two attached hydrogens (primary N) is 3. The maximum absolute atomic E-state index is 15.8. The summed E-state index contributed by atoms with van der Waals surface area (Å²) in [5.74, 6) is -14.3. The smallest absolute Gasteiger partial charge is 0.355 e. The number of hydrogen-bond donors (Lipinski definition) is 3. The molecule has 2 unspecified atom stereocenters. The monoisotopic (exact) mass is 1700 g/mol. The molecular formula is C81H77Cl4F11N18O3. The summed E-state index contributed by atoms with van der Waals surface area (Å²) >= 11 is 24.2. The number of piperidine rings is 3. The largest absolute Gasteiger partial charge is 0.397 e. The van der Waals surface area contributed by atoms with Crippen LogP contribution in [-0.2, 0) is 0 Å². The van der Waals surface area contributed by atoms with Gasteiger partial charge in [0, 0.05) is 68.5 Å². The molecule has 2 aromatic carbocycles. The zero-order valence-corrected chi connectivity index (χ0v) is 67.5. The second-order valence-electron chi connectivity index (χ2n) is 29.8. The normalized spacial score (nSPS) is 16.2. The molecule has 36 heteroatoms. The Morgan fingerprint density at radius 3 is 1.12 bits per heavy atom. The molecule has 21 nitrogen and oxygen atoms in total. The molecule has 2 atom stereocenters.